The summed E-state index contributed by atoms with van der Waals surface area (Å²) in [5, 5.41) is 20.1. The first-order chi connectivity index (χ1) is 12.1. The molecule has 6 nitrogen and oxygen atoms in total. The normalized spacial score (nSPS) is 23.4. The van der Waals surface area contributed by atoms with E-state index in [1.807, 2.05) is 0 Å². The Kier molecular flexibility index (Phi) is 8.42. The van der Waals surface area contributed by atoms with Crippen LogP contribution < -0.4 is 16.0 Å². The summed E-state index contributed by atoms with van der Waals surface area (Å²) in [4.78, 5) is 12.0. The van der Waals surface area contributed by atoms with Crippen molar-refractivity contribution < 1.29 is 14.6 Å². The predicted octanol–water partition coefficient (Wildman–Crippen LogP) is 1.76. The Balaban J connectivity index is 1.93. The average molecular weight is 416 g/mol. The SMILES string of the molecule is CCC(NC1CCCC1)C(CO)CNC1NC=C(Br)C=C1C(=O)OC. The fourth-order valence-corrected chi connectivity index (χ4v) is 3.95. The Morgan fingerprint density at radius 2 is 2.20 bits per heavy atom. The van der Waals surface area contributed by atoms with Crippen molar-refractivity contribution in [2.24, 2.45) is 5.92 Å². The van der Waals surface area contributed by atoms with E-state index in [1.54, 1.807) is 12.3 Å². The van der Waals surface area contributed by atoms with Crippen LogP contribution in [0, 0.1) is 5.92 Å². The zero-order chi connectivity index (χ0) is 18.2. The highest BCUT2D eigenvalue weighted by Crippen LogP contribution is 2.21. The Morgan fingerprint density at radius 1 is 1.48 bits per heavy atom. The van der Waals surface area contributed by atoms with Crippen LogP contribution in [0.3, 0.4) is 0 Å². The number of nitrogens with one attached hydrogen (secondary N) is 3. The number of dihydropyridines is 1. The van der Waals surface area contributed by atoms with Gasteiger partial charge in [0, 0.05) is 41.8 Å². The van der Waals surface area contributed by atoms with E-state index in [0.717, 1.165) is 10.9 Å². The maximum atomic E-state index is 12.0. The van der Waals surface area contributed by atoms with Crippen LogP contribution >= 0.6 is 15.9 Å². The molecule has 2 aliphatic rings. The van der Waals surface area contributed by atoms with Crippen molar-refractivity contribution in [3.63, 3.8) is 0 Å². The summed E-state index contributed by atoms with van der Waals surface area (Å²) in [6.45, 7) is 2.86. The van der Waals surface area contributed by atoms with Crippen LogP contribution in [0.25, 0.3) is 0 Å². The van der Waals surface area contributed by atoms with Crippen LogP contribution in [0.1, 0.15) is 39.0 Å². The number of halogens is 1. The van der Waals surface area contributed by atoms with Crippen LogP contribution in [0.2, 0.25) is 0 Å². The minimum absolute atomic E-state index is 0.0839. The van der Waals surface area contributed by atoms with Gasteiger partial charge in [0.05, 0.1) is 12.7 Å². The number of methoxy groups -OCH3 is 1. The molecule has 0 aromatic rings. The number of carbonyl (C=O) groups is 1. The third-order valence-corrected chi connectivity index (χ3v) is 5.50. The minimum atomic E-state index is -0.369. The zero-order valence-corrected chi connectivity index (χ0v) is 16.6. The molecule has 3 atom stereocenters. The highest BCUT2D eigenvalue weighted by molar-refractivity contribution is 9.11. The van der Waals surface area contributed by atoms with E-state index in [2.05, 4.69) is 38.8 Å². The molecule has 0 bridgehead atoms. The molecule has 1 saturated carbocycles. The fourth-order valence-electron chi connectivity index (χ4n) is 3.58. The lowest BCUT2D eigenvalue weighted by molar-refractivity contribution is -0.136. The molecule has 0 amide bonds. The molecule has 3 unspecified atom stereocenters. The summed E-state index contributed by atoms with van der Waals surface area (Å²) in [5.74, 6) is -0.285. The van der Waals surface area contributed by atoms with E-state index in [-0.39, 0.29) is 30.7 Å². The number of ether oxygens (including phenoxy) is 1. The molecule has 2 rings (SSSR count). The lowest BCUT2D eigenvalue weighted by Crippen LogP contribution is -2.51. The standard InChI is InChI=1S/C18H30BrN3O3/c1-3-16(22-14-6-4-5-7-14)12(11-23)9-20-17-15(18(24)25-2)8-13(19)10-21-17/h8,10,12,14,16-17,20-23H,3-7,9,11H2,1-2H3. The third-order valence-electron chi connectivity index (χ3n) is 5.05. The molecular formula is C18H30BrN3O3. The van der Waals surface area contributed by atoms with Crippen molar-refractivity contribution >= 4 is 21.9 Å². The van der Waals surface area contributed by atoms with Crippen molar-refractivity contribution in [1.29, 1.82) is 0 Å². The van der Waals surface area contributed by atoms with Gasteiger partial charge in [-0.1, -0.05) is 19.8 Å². The summed E-state index contributed by atoms with van der Waals surface area (Å²) in [5.41, 5.74) is 0.519. The van der Waals surface area contributed by atoms with Crippen molar-refractivity contribution in [2.45, 2.75) is 57.3 Å². The minimum Gasteiger partial charge on any atom is -0.466 e. The van der Waals surface area contributed by atoms with Crippen LogP contribution in [0.15, 0.2) is 22.3 Å². The maximum Gasteiger partial charge on any atom is 0.337 e. The van der Waals surface area contributed by atoms with Crippen molar-refractivity contribution in [1.82, 2.24) is 16.0 Å². The van der Waals surface area contributed by atoms with Crippen molar-refractivity contribution in [3.05, 3.63) is 22.3 Å². The summed E-state index contributed by atoms with van der Waals surface area (Å²) >= 11 is 3.37. The fraction of sp³-hybridized carbons (Fsp3) is 0.722. The van der Waals surface area contributed by atoms with Gasteiger partial charge in [-0.05, 0) is 41.3 Å². The molecule has 142 valence electrons. The van der Waals surface area contributed by atoms with Crippen LogP contribution in [-0.2, 0) is 9.53 Å². The Morgan fingerprint density at radius 3 is 2.80 bits per heavy atom. The molecule has 1 aliphatic heterocycles. The number of aliphatic hydroxyl groups excluding tert-OH is 1. The van der Waals surface area contributed by atoms with Gasteiger partial charge in [-0.25, -0.2) is 4.79 Å². The lowest BCUT2D eigenvalue weighted by atomic mass is 9.96. The molecule has 1 fully saturated rings. The van der Waals surface area contributed by atoms with E-state index in [9.17, 15) is 9.90 Å². The summed E-state index contributed by atoms with van der Waals surface area (Å²) in [6, 6.07) is 0.827. The maximum absolute atomic E-state index is 12.0. The van der Waals surface area contributed by atoms with Crippen LogP contribution in [0.4, 0.5) is 0 Å². The van der Waals surface area contributed by atoms with Crippen LogP contribution in [0.5, 0.6) is 0 Å². The number of carbonyl (C=O) groups excluding carboxylic acids is 1. The predicted molar refractivity (Wildman–Crippen MR) is 102 cm³/mol. The third kappa shape index (κ3) is 5.81. The molecule has 1 aliphatic carbocycles. The van der Waals surface area contributed by atoms with E-state index in [4.69, 9.17) is 4.74 Å². The molecule has 7 heteroatoms. The van der Waals surface area contributed by atoms with Crippen molar-refractivity contribution in [3.8, 4) is 0 Å². The Hall–Kier alpha value is -0.890. The Labute approximate surface area is 158 Å². The van der Waals surface area contributed by atoms with E-state index in [0.29, 0.717) is 18.2 Å². The number of hydrogen-bond donors (Lipinski definition) is 4. The first-order valence-corrected chi connectivity index (χ1v) is 9.90. The number of aliphatic hydroxyl groups is 1. The summed E-state index contributed by atoms with van der Waals surface area (Å²) in [7, 11) is 1.38. The first-order valence-electron chi connectivity index (χ1n) is 9.11. The van der Waals surface area contributed by atoms with Crippen molar-refractivity contribution in [2.75, 3.05) is 20.3 Å². The number of rotatable bonds is 9. The average Bonchev–Trinajstić information content (AvgIpc) is 3.14. The Bertz CT molecular complexity index is 504. The van der Waals surface area contributed by atoms with E-state index in [1.165, 1.54) is 32.8 Å². The molecule has 0 aromatic heterocycles. The van der Waals surface area contributed by atoms with Crippen LogP contribution in [-0.4, -0.2) is 49.6 Å². The number of esters is 1. The van der Waals surface area contributed by atoms with Gasteiger partial charge < -0.3 is 20.5 Å². The molecular weight excluding hydrogens is 386 g/mol. The van der Waals surface area contributed by atoms with Gasteiger partial charge in [-0.3, -0.25) is 5.32 Å². The second kappa shape index (κ2) is 10.3. The number of hydrogen-bond acceptors (Lipinski definition) is 6. The first kappa shape index (κ1) is 20.4. The molecule has 25 heavy (non-hydrogen) atoms. The van der Waals surface area contributed by atoms with Gasteiger partial charge in [0.2, 0.25) is 0 Å². The number of allylic oxidation sites excluding steroid dienone is 2. The molecule has 4 N–H and O–H groups in total. The highest BCUT2D eigenvalue weighted by Gasteiger charge is 2.28. The summed E-state index contributed by atoms with van der Waals surface area (Å²) in [6.07, 6.45) is 9.21. The quantitative estimate of drug-likeness (QED) is 0.429. The zero-order valence-electron chi connectivity index (χ0n) is 15.1. The molecule has 0 spiro atoms. The topological polar surface area (TPSA) is 82.6 Å². The monoisotopic (exact) mass is 415 g/mol. The molecule has 0 radical (unpaired) electrons. The summed E-state index contributed by atoms with van der Waals surface area (Å²) < 4.78 is 5.65. The second-order valence-electron chi connectivity index (χ2n) is 6.73. The highest BCUT2D eigenvalue weighted by atomic mass is 79.9. The van der Waals surface area contributed by atoms with E-state index < -0.39 is 0 Å². The molecule has 1 heterocycles. The van der Waals surface area contributed by atoms with Gasteiger partial charge in [0.1, 0.15) is 6.17 Å². The molecule has 0 saturated heterocycles. The van der Waals surface area contributed by atoms with Gasteiger partial charge in [0.15, 0.2) is 0 Å². The van der Waals surface area contributed by atoms with Gasteiger partial charge in [-0.15, -0.1) is 0 Å². The smallest absolute Gasteiger partial charge is 0.337 e. The van der Waals surface area contributed by atoms with Gasteiger partial charge >= 0.3 is 5.97 Å². The molecule has 0 aromatic carbocycles. The van der Waals surface area contributed by atoms with Gasteiger partial charge in [0.25, 0.3) is 0 Å². The largest absolute Gasteiger partial charge is 0.466 e. The van der Waals surface area contributed by atoms with E-state index >= 15 is 0 Å². The van der Waals surface area contributed by atoms with Gasteiger partial charge in [-0.2, -0.15) is 0 Å². The lowest BCUT2D eigenvalue weighted by Gasteiger charge is -2.31. The second-order valence-corrected chi connectivity index (χ2v) is 7.65.